The van der Waals surface area contributed by atoms with Gasteiger partial charge in [-0.1, -0.05) is 38.5 Å². The van der Waals surface area contributed by atoms with Crippen LogP contribution in [-0.4, -0.2) is 59.4 Å². The number of hydrogen-bond donors (Lipinski definition) is 0. The summed E-state index contributed by atoms with van der Waals surface area (Å²) in [5.41, 5.74) is -0.168. The number of fused-ring (bicyclic) bond motifs is 1. The second kappa shape index (κ2) is 7.90. The molecule has 2 aliphatic carbocycles. The normalized spacial score (nSPS) is 31.1. The van der Waals surface area contributed by atoms with E-state index in [4.69, 9.17) is 4.74 Å². The Morgan fingerprint density at radius 1 is 0.963 bits per heavy atom. The van der Waals surface area contributed by atoms with E-state index in [0.717, 1.165) is 38.5 Å². The van der Waals surface area contributed by atoms with Crippen LogP contribution in [0.4, 0.5) is 0 Å². The summed E-state index contributed by atoms with van der Waals surface area (Å²) in [7, 11) is 0. The molecule has 0 unspecified atom stereocenters. The fourth-order valence-corrected chi connectivity index (χ4v) is 5.55. The SMILES string of the molecule is O=C(CCN1C(=O)[C@@H]2CCCC[C@H]2C1=O)N1CCOC2(CCCCCC2)C1. The van der Waals surface area contributed by atoms with Crippen LogP contribution in [0.5, 0.6) is 0 Å². The molecule has 4 rings (SSSR count). The van der Waals surface area contributed by atoms with Crippen molar-refractivity contribution in [2.75, 3.05) is 26.2 Å². The highest BCUT2D eigenvalue weighted by Crippen LogP contribution is 2.38. The lowest BCUT2D eigenvalue weighted by Crippen LogP contribution is -2.53. The van der Waals surface area contributed by atoms with Crippen molar-refractivity contribution in [1.29, 1.82) is 0 Å². The van der Waals surface area contributed by atoms with E-state index in [1.54, 1.807) is 0 Å². The molecule has 4 aliphatic rings. The Hall–Kier alpha value is -1.43. The van der Waals surface area contributed by atoms with Crippen molar-refractivity contribution in [2.24, 2.45) is 11.8 Å². The fourth-order valence-electron chi connectivity index (χ4n) is 5.55. The summed E-state index contributed by atoms with van der Waals surface area (Å²) in [6.07, 6.45) is 10.9. The van der Waals surface area contributed by atoms with Gasteiger partial charge in [0, 0.05) is 26.1 Å². The van der Waals surface area contributed by atoms with Gasteiger partial charge >= 0.3 is 0 Å². The second-order valence-electron chi connectivity index (χ2n) is 8.84. The van der Waals surface area contributed by atoms with E-state index in [1.807, 2.05) is 4.90 Å². The fraction of sp³-hybridized carbons (Fsp3) is 0.857. The molecular formula is C21H32N2O4. The molecule has 0 radical (unpaired) electrons. The smallest absolute Gasteiger partial charge is 0.233 e. The monoisotopic (exact) mass is 376 g/mol. The third kappa shape index (κ3) is 3.78. The number of hydrogen-bond acceptors (Lipinski definition) is 4. The van der Waals surface area contributed by atoms with Gasteiger partial charge in [-0.3, -0.25) is 19.3 Å². The molecule has 2 aliphatic heterocycles. The predicted octanol–water partition coefficient (Wildman–Crippen LogP) is 2.50. The molecule has 0 aromatic carbocycles. The minimum absolute atomic E-state index is 0.0419. The van der Waals surface area contributed by atoms with Crippen LogP contribution in [0.2, 0.25) is 0 Å². The Kier molecular flexibility index (Phi) is 5.53. The van der Waals surface area contributed by atoms with Crippen molar-refractivity contribution in [3.05, 3.63) is 0 Å². The lowest BCUT2D eigenvalue weighted by molar-refractivity contribution is -0.153. The number of amides is 3. The minimum atomic E-state index is -0.168. The molecule has 150 valence electrons. The number of morpholine rings is 1. The van der Waals surface area contributed by atoms with Gasteiger partial charge in [0.05, 0.1) is 24.0 Å². The van der Waals surface area contributed by atoms with Gasteiger partial charge in [-0.25, -0.2) is 0 Å². The summed E-state index contributed by atoms with van der Waals surface area (Å²) in [4.78, 5) is 41.3. The van der Waals surface area contributed by atoms with Gasteiger partial charge in [0.15, 0.2) is 0 Å². The highest BCUT2D eigenvalue weighted by Gasteiger charge is 2.48. The molecule has 2 saturated heterocycles. The third-order valence-electron chi connectivity index (χ3n) is 7.10. The van der Waals surface area contributed by atoms with Crippen molar-refractivity contribution in [3.63, 3.8) is 0 Å². The molecule has 27 heavy (non-hydrogen) atoms. The zero-order valence-electron chi connectivity index (χ0n) is 16.3. The summed E-state index contributed by atoms with van der Waals surface area (Å²) >= 11 is 0. The first kappa shape index (κ1) is 18.9. The molecule has 1 spiro atoms. The first-order chi connectivity index (χ1) is 13.1. The maximum Gasteiger partial charge on any atom is 0.233 e. The van der Waals surface area contributed by atoms with Crippen molar-refractivity contribution in [2.45, 2.75) is 76.2 Å². The van der Waals surface area contributed by atoms with Gasteiger partial charge in [0.2, 0.25) is 17.7 Å². The van der Waals surface area contributed by atoms with E-state index in [1.165, 1.54) is 30.6 Å². The highest BCUT2D eigenvalue weighted by molar-refractivity contribution is 6.05. The predicted molar refractivity (Wildman–Crippen MR) is 99.8 cm³/mol. The second-order valence-corrected chi connectivity index (χ2v) is 8.84. The Balaban J connectivity index is 1.34. The van der Waals surface area contributed by atoms with Crippen LogP contribution in [0.3, 0.4) is 0 Å². The Morgan fingerprint density at radius 3 is 2.22 bits per heavy atom. The average molecular weight is 376 g/mol. The van der Waals surface area contributed by atoms with Crippen molar-refractivity contribution in [1.82, 2.24) is 9.80 Å². The summed E-state index contributed by atoms with van der Waals surface area (Å²) in [5.74, 6) is -0.283. The lowest BCUT2D eigenvalue weighted by atomic mass is 9.81. The summed E-state index contributed by atoms with van der Waals surface area (Å²) in [6.45, 7) is 2.12. The van der Waals surface area contributed by atoms with Crippen LogP contribution in [0.25, 0.3) is 0 Å². The molecule has 0 aromatic heterocycles. The van der Waals surface area contributed by atoms with Crippen molar-refractivity contribution >= 4 is 17.7 Å². The van der Waals surface area contributed by atoms with E-state index in [0.29, 0.717) is 19.7 Å². The van der Waals surface area contributed by atoms with Crippen LogP contribution in [0, 0.1) is 11.8 Å². The topological polar surface area (TPSA) is 66.9 Å². The maximum absolute atomic E-state index is 12.8. The zero-order chi connectivity index (χ0) is 18.9. The average Bonchev–Trinajstić information content (AvgIpc) is 2.82. The van der Waals surface area contributed by atoms with E-state index < -0.39 is 0 Å². The van der Waals surface area contributed by atoms with E-state index in [2.05, 4.69) is 0 Å². The molecule has 3 amide bonds. The Bertz CT molecular complexity index is 573. The van der Waals surface area contributed by atoms with Gasteiger partial charge in [0.1, 0.15) is 0 Å². The number of ether oxygens (including phenoxy) is 1. The van der Waals surface area contributed by atoms with E-state index >= 15 is 0 Å². The number of nitrogens with zero attached hydrogens (tertiary/aromatic N) is 2. The first-order valence-corrected chi connectivity index (χ1v) is 10.9. The van der Waals surface area contributed by atoms with Crippen LogP contribution in [0.1, 0.15) is 70.6 Å². The van der Waals surface area contributed by atoms with E-state index in [-0.39, 0.29) is 48.1 Å². The quantitative estimate of drug-likeness (QED) is 0.710. The number of rotatable bonds is 3. The third-order valence-corrected chi connectivity index (χ3v) is 7.10. The van der Waals surface area contributed by atoms with Crippen LogP contribution >= 0.6 is 0 Å². The largest absolute Gasteiger partial charge is 0.371 e. The van der Waals surface area contributed by atoms with Crippen LogP contribution < -0.4 is 0 Å². The summed E-state index contributed by atoms with van der Waals surface area (Å²) < 4.78 is 6.13. The van der Waals surface area contributed by atoms with Crippen LogP contribution in [-0.2, 0) is 19.1 Å². The van der Waals surface area contributed by atoms with Gasteiger partial charge in [-0.2, -0.15) is 0 Å². The number of carbonyl (C=O) groups excluding carboxylic acids is 3. The van der Waals surface area contributed by atoms with Crippen molar-refractivity contribution < 1.29 is 19.1 Å². The molecule has 6 heteroatoms. The number of likely N-dealkylation sites (tertiary alicyclic amines) is 1. The van der Waals surface area contributed by atoms with E-state index in [9.17, 15) is 14.4 Å². The summed E-state index contributed by atoms with van der Waals surface area (Å²) in [5, 5.41) is 0. The van der Waals surface area contributed by atoms with Crippen molar-refractivity contribution in [3.8, 4) is 0 Å². The zero-order valence-corrected chi connectivity index (χ0v) is 16.3. The standard InChI is InChI=1S/C21H32N2O4/c24-18(22-13-14-27-21(15-22)10-5-1-2-6-11-21)9-12-23-19(25)16-7-3-4-8-17(16)20(23)26/h16-17H,1-15H2/t16-,17-/m1/s1. The minimum Gasteiger partial charge on any atom is -0.371 e. The summed E-state index contributed by atoms with van der Waals surface area (Å²) in [6, 6.07) is 0. The maximum atomic E-state index is 12.8. The van der Waals surface area contributed by atoms with Gasteiger partial charge in [-0.15, -0.1) is 0 Å². The Labute approximate surface area is 161 Å². The molecule has 2 atom stereocenters. The molecule has 2 heterocycles. The molecule has 4 fully saturated rings. The first-order valence-electron chi connectivity index (χ1n) is 10.9. The lowest BCUT2D eigenvalue weighted by Gasteiger charge is -2.42. The molecule has 0 bridgehead atoms. The van der Waals surface area contributed by atoms with Crippen LogP contribution in [0.15, 0.2) is 0 Å². The molecular weight excluding hydrogens is 344 g/mol. The van der Waals surface area contributed by atoms with Gasteiger partial charge < -0.3 is 9.64 Å². The van der Waals surface area contributed by atoms with Gasteiger partial charge in [-0.05, 0) is 25.7 Å². The molecule has 2 saturated carbocycles. The Morgan fingerprint density at radius 2 is 1.59 bits per heavy atom. The molecule has 6 nitrogen and oxygen atoms in total. The molecule has 0 N–H and O–H groups in total. The number of imide groups is 1. The molecule has 0 aromatic rings. The highest BCUT2D eigenvalue weighted by atomic mass is 16.5. The van der Waals surface area contributed by atoms with Gasteiger partial charge in [0.25, 0.3) is 0 Å². The number of carbonyl (C=O) groups is 3.